The number of carbonyl (C=O) groups excluding carboxylic acids is 1. The third-order valence-corrected chi connectivity index (χ3v) is 3.65. The molecular weight excluding hydrogens is 314 g/mol. The monoisotopic (exact) mass is 329 g/mol. The second kappa shape index (κ2) is 7.20. The molecular formula is C18H16ClNO3. The Morgan fingerprint density at radius 3 is 2.74 bits per heavy atom. The van der Waals surface area contributed by atoms with Crippen molar-refractivity contribution >= 4 is 23.6 Å². The lowest BCUT2D eigenvalue weighted by molar-refractivity contribution is -0.116. The van der Waals surface area contributed by atoms with Gasteiger partial charge >= 0.3 is 0 Å². The van der Waals surface area contributed by atoms with Crippen LogP contribution in [-0.2, 0) is 11.3 Å². The van der Waals surface area contributed by atoms with Gasteiger partial charge in [-0.25, -0.2) is 0 Å². The largest absolute Gasteiger partial charge is 0.486 e. The van der Waals surface area contributed by atoms with Crippen molar-refractivity contribution in [3.63, 3.8) is 0 Å². The number of rotatable bonds is 4. The Morgan fingerprint density at radius 1 is 1.13 bits per heavy atom. The number of carbonyl (C=O) groups is 1. The van der Waals surface area contributed by atoms with Crippen molar-refractivity contribution in [1.82, 2.24) is 5.32 Å². The number of ether oxygens (including phenoxy) is 2. The SMILES string of the molecule is O=C(/C=C/c1ccc(Cl)cc1)NCc1cccc2c1OCCO2. The Balaban J connectivity index is 1.60. The minimum atomic E-state index is -0.172. The summed E-state index contributed by atoms with van der Waals surface area (Å²) in [4.78, 5) is 11.9. The highest BCUT2D eigenvalue weighted by Crippen LogP contribution is 2.33. The molecule has 2 aromatic rings. The van der Waals surface area contributed by atoms with E-state index in [9.17, 15) is 4.79 Å². The summed E-state index contributed by atoms with van der Waals surface area (Å²) in [7, 11) is 0. The molecule has 0 unspecified atom stereocenters. The van der Waals surface area contributed by atoms with E-state index in [1.54, 1.807) is 18.2 Å². The Kier molecular flexibility index (Phi) is 4.83. The molecule has 0 bridgehead atoms. The summed E-state index contributed by atoms with van der Waals surface area (Å²) >= 11 is 5.82. The summed E-state index contributed by atoms with van der Waals surface area (Å²) in [5.74, 6) is 1.26. The van der Waals surface area contributed by atoms with Crippen molar-refractivity contribution in [3.8, 4) is 11.5 Å². The first kappa shape index (κ1) is 15.4. The molecule has 1 amide bonds. The van der Waals surface area contributed by atoms with Crippen LogP contribution in [0.4, 0.5) is 0 Å². The number of benzene rings is 2. The fourth-order valence-corrected chi connectivity index (χ4v) is 2.39. The first-order chi connectivity index (χ1) is 11.2. The Bertz CT molecular complexity index is 726. The summed E-state index contributed by atoms with van der Waals surface area (Å²) in [5, 5.41) is 3.51. The predicted octanol–water partition coefficient (Wildman–Crippen LogP) is 3.44. The summed E-state index contributed by atoms with van der Waals surface area (Å²) in [6, 6.07) is 12.9. The molecule has 4 nitrogen and oxygen atoms in total. The molecule has 0 atom stereocenters. The van der Waals surface area contributed by atoms with Gasteiger partial charge in [-0.1, -0.05) is 35.9 Å². The van der Waals surface area contributed by atoms with Crippen LogP contribution in [0, 0.1) is 0 Å². The van der Waals surface area contributed by atoms with Crippen LogP contribution in [0.2, 0.25) is 5.02 Å². The van der Waals surface area contributed by atoms with Gasteiger partial charge in [-0.05, 0) is 29.8 Å². The number of hydrogen-bond acceptors (Lipinski definition) is 3. The third-order valence-electron chi connectivity index (χ3n) is 3.40. The number of halogens is 1. The zero-order valence-electron chi connectivity index (χ0n) is 12.4. The molecule has 0 aliphatic carbocycles. The van der Waals surface area contributed by atoms with E-state index in [-0.39, 0.29) is 5.91 Å². The molecule has 3 rings (SSSR count). The van der Waals surface area contributed by atoms with Gasteiger partial charge in [-0.15, -0.1) is 0 Å². The standard InChI is InChI=1S/C18H16ClNO3/c19-15-7-4-13(5-8-15)6-9-17(21)20-12-14-2-1-3-16-18(14)23-11-10-22-16/h1-9H,10-12H2,(H,20,21)/b9-6+. The van der Waals surface area contributed by atoms with Crippen LogP contribution in [0.25, 0.3) is 6.08 Å². The molecule has 1 aliphatic heterocycles. The fourth-order valence-electron chi connectivity index (χ4n) is 2.26. The highest BCUT2D eigenvalue weighted by atomic mass is 35.5. The molecule has 2 aromatic carbocycles. The van der Waals surface area contributed by atoms with Crippen LogP contribution in [0.15, 0.2) is 48.5 Å². The van der Waals surface area contributed by atoms with Gasteiger partial charge in [-0.2, -0.15) is 0 Å². The maximum absolute atomic E-state index is 11.9. The number of amides is 1. The van der Waals surface area contributed by atoms with Crippen LogP contribution in [-0.4, -0.2) is 19.1 Å². The van der Waals surface area contributed by atoms with Crippen molar-refractivity contribution < 1.29 is 14.3 Å². The molecule has 0 fully saturated rings. The summed E-state index contributed by atoms with van der Waals surface area (Å²) in [6.07, 6.45) is 3.24. The number of para-hydroxylation sites is 1. The van der Waals surface area contributed by atoms with E-state index in [0.29, 0.717) is 30.5 Å². The quantitative estimate of drug-likeness (QED) is 0.874. The molecule has 1 heterocycles. The second-order valence-corrected chi connectivity index (χ2v) is 5.48. The van der Waals surface area contributed by atoms with E-state index in [4.69, 9.17) is 21.1 Å². The number of hydrogen-bond donors (Lipinski definition) is 1. The topological polar surface area (TPSA) is 47.6 Å². The maximum Gasteiger partial charge on any atom is 0.244 e. The Morgan fingerprint density at radius 2 is 1.91 bits per heavy atom. The molecule has 0 saturated heterocycles. The van der Waals surface area contributed by atoms with Crippen molar-refractivity contribution in [1.29, 1.82) is 0 Å². The van der Waals surface area contributed by atoms with Crippen molar-refractivity contribution in [3.05, 3.63) is 64.7 Å². The van der Waals surface area contributed by atoms with Gasteiger partial charge in [-0.3, -0.25) is 4.79 Å². The van der Waals surface area contributed by atoms with Crippen LogP contribution in [0.3, 0.4) is 0 Å². The van der Waals surface area contributed by atoms with Gasteiger partial charge < -0.3 is 14.8 Å². The van der Waals surface area contributed by atoms with Gasteiger partial charge in [0.2, 0.25) is 5.91 Å². The zero-order chi connectivity index (χ0) is 16.1. The third kappa shape index (κ3) is 4.05. The second-order valence-electron chi connectivity index (χ2n) is 5.04. The molecule has 0 spiro atoms. The maximum atomic E-state index is 11.9. The molecule has 1 aliphatic rings. The van der Waals surface area contributed by atoms with Gasteiger partial charge in [0.25, 0.3) is 0 Å². The lowest BCUT2D eigenvalue weighted by Gasteiger charge is -2.20. The number of nitrogens with one attached hydrogen (secondary N) is 1. The lowest BCUT2D eigenvalue weighted by atomic mass is 10.1. The van der Waals surface area contributed by atoms with E-state index in [2.05, 4.69) is 5.32 Å². The summed E-state index contributed by atoms with van der Waals surface area (Å²) in [6.45, 7) is 1.46. The highest BCUT2D eigenvalue weighted by Gasteiger charge is 2.15. The van der Waals surface area contributed by atoms with Crippen LogP contribution in [0.1, 0.15) is 11.1 Å². The van der Waals surface area contributed by atoms with Gasteiger partial charge in [0.1, 0.15) is 13.2 Å². The van der Waals surface area contributed by atoms with Crippen molar-refractivity contribution in [2.24, 2.45) is 0 Å². The first-order valence-electron chi connectivity index (χ1n) is 7.31. The summed E-state index contributed by atoms with van der Waals surface area (Å²) in [5.41, 5.74) is 1.81. The molecule has 23 heavy (non-hydrogen) atoms. The van der Waals surface area contributed by atoms with Gasteiger partial charge in [0, 0.05) is 23.2 Å². The molecule has 0 radical (unpaired) electrons. The fraction of sp³-hybridized carbons (Fsp3) is 0.167. The minimum absolute atomic E-state index is 0.172. The lowest BCUT2D eigenvalue weighted by Crippen LogP contribution is -2.22. The van der Waals surface area contributed by atoms with E-state index in [0.717, 1.165) is 16.9 Å². The Hall–Kier alpha value is -2.46. The zero-order valence-corrected chi connectivity index (χ0v) is 13.2. The van der Waals surface area contributed by atoms with Crippen molar-refractivity contribution in [2.75, 3.05) is 13.2 Å². The molecule has 0 aromatic heterocycles. The average Bonchev–Trinajstić information content (AvgIpc) is 2.59. The van der Waals surface area contributed by atoms with E-state index in [1.807, 2.05) is 30.3 Å². The van der Waals surface area contributed by atoms with Gasteiger partial charge in [0.05, 0.1) is 0 Å². The van der Waals surface area contributed by atoms with E-state index in [1.165, 1.54) is 6.08 Å². The van der Waals surface area contributed by atoms with Crippen molar-refractivity contribution in [2.45, 2.75) is 6.54 Å². The Labute approximate surface area is 139 Å². The average molecular weight is 330 g/mol. The molecule has 0 saturated carbocycles. The van der Waals surface area contributed by atoms with Gasteiger partial charge in [0.15, 0.2) is 11.5 Å². The molecule has 118 valence electrons. The first-order valence-corrected chi connectivity index (χ1v) is 7.69. The highest BCUT2D eigenvalue weighted by molar-refractivity contribution is 6.30. The van der Waals surface area contributed by atoms with E-state index >= 15 is 0 Å². The molecule has 1 N–H and O–H groups in total. The smallest absolute Gasteiger partial charge is 0.244 e. The van der Waals surface area contributed by atoms with Crippen LogP contribution < -0.4 is 14.8 Å². The molecule has 5 heteroatoms. The summed E-state index contributed by atoms with van der Waals surface area (Å²) < 4.78 is 11.1. The van der Waals surface area contributed by atoms with Crippen LogP contribution >= 0.6 is 11.6 Å². The minimum Gasteiger partial charge on any atom is -0.486 e. The van der Waals surface area contributed by atoms with E-state index < -0.39 is 0 Å². The number of fused-ring (bicyclic) bond motifs is 1. The normalized spacial score (nSPS) is 13.1. The van der Waals surface area contributed by atoms with Crippen LogP contribution in [0.5, 0.6) is 11.5 Å². The predicted molar refractivity (Wildman–Crippen MR) is 89.8 cm³/mol.